The molecular formula is C12H20BrNS. The number of hydrogen-bond donors (Lipinski definition) is 1. The van der Waals surface area contributed by atoms with Crippen LogP contribution in [-0.4, -0.2) is 7.05 Å². The first-order valence-corrected chi connectivity index (χ1v) is 7.31. The van der Waals surface area contributed by atoms with Gasteiger partial charge in [0.25, 0.3) is 0 Å². The second-order valence-corrected chi connectivity index (χ2v) is 6.33. The van der Waals surface area contributed by atoms with Gasteiger partial charge in [0.1, 0.15) is 0 Å². The molecule has 0 radical (unpaired) electrons. The highest BCUT2D eigenvalue weighted by Gasteiger charge is 2.10. The van der Waals surface area contributed by atoms with Gasteiger partial charge in [0.2, 0.25) is 0 Å². The van der Waals surface area contributed by atoms with Crippen LogP contribution < -0.4 is 5.32 Å². The predicted octanol–water partition coefficient (Wildman–Crippen LogP) is 4.74. The molecule has 0 amide bonds. The minimum atomic E-state index is 0.540. The third kappa shape index (κ3) is 4.66. The van der Waals surface area contributed by atoms with Crippen LogP contribution in [0.15, 0.2) is 15.9 Å². The van der Waals surface area contributed by atoms with E-state index in [1.807, 2.05) is 11.3 Å². The van der Waals surface area contributed by atoms with E-state index in [4.69, 9.17) is 0 Å². The van der Waals surface area contributed by atoms with Crippen molar-refractivity contribution in [3.05, 3.63) is 20.8 Å². The molecule has 1 aromatic heterocycles. The SMILES string of the molecule is CCCCCCC(NC)c1ccc(Br)s1. The molecule has 1 rings (SSSR count). The van der Waals surface area contributed by atoms with Crippen molar-refractivity contribution < 1.29 is 0 Å². The maximum Gasteiger partial charge on any atom is 0.0701 e. The highest BCUT2D eigenvalue weighted by atomic mass is 79.9. The number of thiophene rings is 1. The fourth-order valence-corrected chi connectivity index (χ4v) is 3.29. The summed E-state index contributed by atoms with van der Waals surface area (Å²) in [6, 6.07) is 4.89. The van der Waals surface area contributed by atoms with Gasteiger partial charge in [-0.05, 0) is 41.5 Å². The summed E-state index contributed by atoms with van der Waals surface area (Å²) in [5.74, 6) is 0. The summed E-state index contributed by atoms with van der Waals surface area (Å²) >= 11 is 5.35. The van der Waals surface area contributed by atoms with E-state index >= 15 is 0 Å². The Morgan fingerprint density at radius 1 is 1.33 bits per heavy atom. The Morgan fingerprint density at radius 2 is 2.13 bits per heavy atom. The largest absolute Gasteiger partial charge is 0.312 e. The second-order valence-electron chi connectivity index (χ2n) is 3.83. The van der Waals surface area contributed by atoms with E-state index in [0.717, 1.165) is 0 Å². The molecule has 0 spiro atoms. The summed E-state index contributed by atoms with van der Waals surface area (Å²) in [6.45, 7) is 2.26. The fraction of sp³-hybridized carbons (Fsp3) is 0.667. The minimum Gasteiger partial charge on any atom is -0.312 e. The lowest BCUT2D eigenvalue weighted by Crippen LogP contribution is -2.14. The van der Waals surface area contributed by atoms with Crippen molar-refractivity contribution >= 4 is 27.3 Å². The van der Waals surface area contributed by atoms with Crippen LogP contribution in [0.25, 0.3) is 0 Å². The van der Waals surface area contributed by atoms with Gasteiger partial charge in [-0.15, -0.1) is 11.3 Å². The third-order valence-electron chi connectivity index (χ3n) is 2.63. The van der Waals surface area contributed by atoms with Crippen LogP contribution in [0.2, 0.25) is 0 Å². The Labute approximate surface area is 105 Å². The van der Waals surface area contributed by atoms with Gasteiger partial charge in [-0.3, -0.25) is 0 Å². The maximum absolute atomic E-state index is 3.51. The van der Waals surface area contributed by atoms with Crippen LogP contribution in [0.1, 0.15) is 49.9 Å². The average molecular weight is 290 g/mol. The molecule has 1 N–H and O–H groups in total. The number of nitrogens with one attached hydrogen (secondary N) is 1. The monoisotopic (exact) mass is 289 g/mol. The van der Waals surface area contributed by atoms with Gasteiger partial charge in [0.05, 0.1) is 3.79 Å². The van der Waals surface area contributed by atoms with Gasteiger partial charge in [-0.1, -0.05) is 32.6 Å². The molecule has 0 bridgehead atoms. The first-order chi connectivity index (χ1) is 7.27. The summed E-state index contributed by atoms with van der Waals surface area (Å²) in [7, 11) is 2.05. The van der Waals surface area contributed by atoms with Crippen molar-refractivity contribution in [3.8, 4) is 0 Å². The lowest BCUT2D eigenvalue weighted by molar-refractivity contribution is 0.511. The Balaban J connectivity index is 2.35. The summed E-state index contributed by atoms with van der Waals surface area (Å²) in [6.07, 6.45) is 6.62. The van der Waals surface area contributed by atoms with E-state index in [1.54, 1.807) is 0 Å². The molecule has 0 aliphatic rings. The highest BCUT2D eigenvalue weighted by molar-refractivity contribution is 9.11. The van der Waals surface area contributed by atoms with E-state index in [-0.39, 0.29) is 0 Å². The third-order valence-corrected chi connectivity index (χ3v) is 4.37. The summed E-state index contributed by atoms with van der Waals surface area (Å²) in [5, 5.41) is 3.40. The molecule has 0 saturated heterocycles. The lowest BCUT2D eigenvalue weighted by atomic mass is 10.1. The van der Waals surface area contributed by atoms with E-state index < -0.39 is 0 Å². The predicted molar refractivity (Wildman–Crippen MR) is 72.6 cm³/mol. The zero-order chi connectivity index (χ0) is 11.1. The summed E-state index contributed by atoms with van der Waals surface area (Å²) in [4.78, 5) is 1.45. The van der Waals surface area contributed by atoms with E-state index in [0.29, 0.717) is 6.04 Å². The molecule has 0 aliphatic heterocycles. The van der Waals surface area contributed by atoms with Gasteiger partial charge in [-0.25, -0.2) is 0 Å². The van der Waals surface area contributed by atoms with Crippen LogP contribution in [0, 0.1) is 0 Å². The fourth-order valence-electron chi connectivity index (χ4n) is 1.72. The number of unbranched alkanes of at least 4 members (excludes halogenated alkanes) is 3. The van der Waals surface area contributed by atoms with Crippen LogP contribution in [0.4, 0.5) is 0 Å². The first kappa shape index (κ1) is 13.2. The van der Waals surface area contributed by atoms with Gasteiger partial charge >= 0.3 is 0 Å². The van der Waals surface area contributed by atoms with Crippen LogP contribution >= 0.6 is 27.3 Å². The minimum absolute atomic E-state index is 0.540. The smallest absolute Gasteiger partial charge is 0.0701 e. The molecule has 0 aromatic carbocycles. The normalized spacial score (nSPS) is 13.0. The second kappa shape index (κ2) is 7.42. The topological polar surface area (TPSA) is 12.0 Å². The molecule has 0 aliphatic carbocycles. The highest BCUT2D eigenvalue weighted by Crippen LogP contribution is 2.29. The van der Waals surface area contributed by atoms with Crippen LogP contribution in [-0.2, 0) is 0 Å². The molecule has 1 unspecified atom stereocenters. The van der Waals surface area contributed by atoms with Crippen molar-refractivity contribution in [2.45, 2.75) is 45.1 Å². The standard InChI is InChI=1S/C12H20BrNS/c1-3-4-5-6-7-10(14-2)11-8-9-12(13)15-11/h8-10,14H,3-7H2,1-2H3. The molecular weight excluding hydrogens is 270 g/mol. The van der Waals surface area contributed by atoms with Gasteiger partial charge in [0, 0.05) is 10.9 Å². The molecule has 1 atom stereocenters. The molecule has 0 fully saturated rings. The van der Waals surface area contributed by atoms with Crippen molar-refractivity contribution in [2.24, 2.45) is 0 Å². The molecule has 1 heterocycles. The lowest BCUT2D eigenvalue weighted by Gasteiger charge is -2.13. The average Bonchev–Trinajstić information content (AvgIpc) is 2.65. The Morgan fingerprint density at radius 3 is 2.67 bits per heavy atom. The van der Waals surface area contributed by atoms with Crippen molar-refractivity contribution in [3.63, 3.8) is 0 Å². The zero-order valence-corrected chi connectivity index (χ0v) is 12.0. The van der Waals surface area contributed by atoms with Gasteiger partial charge in [0.15, 0.2) is 0 Å². The maximum atomic E-state index is 3.51. The van der Waals surface area contributed by atoms with Crippen LogP contribution in [0.5, 0.6) is 0 Å². The number of rotatable bonds is 7. The first-order valence-electron chi connectivity index (χ1n) is 5.70. The van der Waals surface area contributed by atoms with Crippen molar-refractivity contribution in [1.29, 1.82) is 0 Å². The van der Waals surface area contributed by atoms with Gasteiger partial charge < -0.3 is 5.32 Å². The van der Waals surface area contributed by atoms with E-state index in [1.165, 1.54) is 40.8 Å². The molecule has 15 heavy (non-hydrogen) atoms. The van der Waals surface area contributed by atoms with E-state index in [2.05, 4.69) is 47.4 Å². The molecule has 3 heteroatoms. The quantitative estimate of drug-likeness (QED) is 0.715. The molecule has 0 saturated carbocycles. The zero-order valence-electron chi connectivity index (χ0n) is 9.55. The molecule has 86 valence electrons. The van der Waals surface area contributed by atoms with Gasteiger partial charge in [-0.2, -0.15) is 0 Å². The molecule has 1 aromatic rings. The Kier molecular flexibility index (Phi) is 6.53. The van der Waals surface area contributed by atoms with E-state index in [9.17, 15) is 0 Å². The Bertz CT molecular complexity index is 272. The summed E-state index contributed by atoms with van der Waals surface area (Å²) < 4.78 is 1.23. The molecule has 1 nitrogen and oxygen atoms in total. The van der Waals surface area contributed by atoms with Crippen molar-refractivity contribution in [1.82, 2.24) is 5.32 Å². The van der Waals surface area contributed by atoms with Crippen LogP contribution in [0.3, 0.4) is 0 Å². The Hall–Kier alpha value is 0.140. The number of halogens is 1. The number of hydrogen-bond acceptors (Lipinski definition) is 2. The van der Waals surface area contributed by atoms with Crippen molar-refractivity contribution in [2.75, 3.05) is 7.05 Å². The summed E-state index contributed by atoms with van der Waals surface area (Å²) in [5.41, 5.74) is 0.